The van der Waals surface area contributed by atoms with Crippen LogP contribution in [0.5, 0.6) is 0 Å². The summed E-state index contributed by atoms with van der Waals surface area (Å²) in [6.45, 7) is 8.56. The largest absolute Gasteiger partial charge is 0.465 e. The van der Waals surface area contributed by atoms with E-state index in [2.05, 4.69) is 15.7 Å². The summed E-state index contributed by atoms with van der Waals surface area (Å²) in [5.41, 5.74) is -0.872. The molecule has 0 saturated carbocycles. The van der Waals surface area contributed by atoms with Crippen LogP contribution in [0.25, 0.3) is 0 Å². The van der Waals surface area contributed by atoms with E-state index in [0.29, 0.717) is 6.29 Å². The molecule has 9 heteroatoms. The maximum atomic E-state index is 11.9. The highest BCUT2D eigenvalue weighted by Crippen LogP contribution is 2.28. The van der Waals surface area contributed by atoms with Crippen LogP contribution in [-0.4, -0.2) is 39.0 Å². The SMILES string of the molecule is CC(C)n1nc(C=O)c(NC(=O)OC(C)(C)C)c1NC(=O)O. The molecule has 0 spiro atoms. The zero-order chi connectivity index (χ0) is 17.1. The summed E-state index contributed by atoms with van der Waals surface area (Å²) < 4.78 is 6.39. The van der Waals surface area contributed by atoms with E-state index in [1.54, 1.807) is 34.6 Å². The van der Waals surface area contributed by atoms with Gasteiger partial charge in [0.25, 0.3) is 0 Å². The van der Waals surface area contributed by atoms with Crippen molar-refractivity contribution < 1.29 is 24.2 Å². The molecular formula is C13H20N4O5. The van der Waals surface area contributed by atoms with Crippen LogP contribution in [0.15, 0.2) is 0 Å². The van der Waals surface area contributed by atoms with Crippen LogP contribution in [-0.2, 0) is 4.74 Å². The number of nitrogens with one attached hydrogen (secondary N) is 2. The first-order valence-corrected chi connectivity index (χ1v) is 6.62. The zero-order valence-electron chi connectivity index (χ0n) is 13.1. The van der Waals surface area contributed by atoms with Crippen molar-refractivity contribution in [2.75, 3.05) is 10.6 Å². The van der Waals surface area contributed by atoms with Crippen LogP contribution in [0.3, 0.4) is 0 Å². The molecule has 0 aliphatic rings. The normalized spacial score (nSPS) is 11.2. The molecule has 0 fully saturated rings. The van der Waals surface area contributed by atoms with Crippen LogP contribution in [0, 0.1) is 0 Å². The number of aldehydes is 1. The second-order valence-corrected chi connectivity index (χ2v) is 5.82. The Kier molecular flexibility index (Phi) is 5.13. The molecule has 3 N–H and O–H groups in total. The molecule has 0 aromatic carbocycles. The van der Waals surface area contributed by atoms with Gasteiger partial charge < -0.3 is 9.84 Å². The average molecular weight is 312 g/mol. The van der Waals surface area contributed by atoms with Crippen LogP contribution < -0.4 is 10.6 Å². The summed E-state index contributed by atoms with van der Waals surface area (Å²) in [4.78, 5) is 33.9. The van der Waals surface area contributed by atoms with Gasteiger partial charge in [0.05, 0.1) is 0 Å². The third kappa shape index (κ3) is 4.47. The third-order valence-corrected chi connectivity index (χ3v) is 2.39. The van der Waals surface area contributed by atoms with E-state index in [0.717, 1.165) is 0 Å². The fraction of sp³-hybridized carbons (Fsp3) is 0.538. The Bertz CT molecular complexity index is 586. The number of nitrogens with zero attached hydrogens (tertiary/aromatic N) is 2. The topological polar surface area (TPSA) is 123 Å². The molecule has 1 aromatic heterocycles. The third-order valence-electron chi connectivity index (χ3n) is 2.39. The molecule has 9 nitrogen and oxygen atoms in total. The van der Waals surface area contributed by atoms with Crippen molar-refractivity contribution in [3.05, 3.63) is 5.69 Å². The van der Waals surface area contributed by atoms with Crippen LogP contribution in [0.4, 0.5) is 21.1 Å². The van der Waals surface area contributed by atoms with Crippen molar-refractivity contribution in [3.8, 4) is 0 Å². The van der Waals surface area contributed by atoms with Crippen molar-refractivity contribution in [1.82, 2.24) is 9.78 Å². The van der Waals surface area contributed by atoms with Crippen LogP contribution in [0.1, 0.15) is 51.1 Å². The van der Waals surface area contributed by atoms with E-state index in [1.165, 1.54) is 4.68 Å². The molecular weight excluding hydrogens is 292 g/mol. The van der Waals surface area contributed by atoms with Gasteiger partial charge >= 0.3 is 12.2 Å². The smallest absolute Gasteiger partial charge is 0.412 e. The standard InChI is InChI=1S/C13H20N4O5/c1-7(2)17-10(15-11(19)20)9(8(6-18)16-17)14-12(21)22-13(3,4)5/h6-7,15H,1-5H3,(H,14,21)(H,19,20). The van der Waals surface area contributed by atoms with E-state index in [-0.39, 0.29) is 23.2 Å². The lowest BCUT2D eigenvalue weighted by molar-refractivity contribution is 0.0636. The molecule has 1 heterocycles. The predicted octanol–water partition coefficient (Wildman–Crippen LogP) is 2.71. The van der Waals surface area contributed by atoms with Crippen molar-refractivity contribution >= 4 is 30.0 Å². The molecule has 0 bridgehead atoms. The van der Waals surface area contributed by atoms with E-state index >= 15 is 0 Å². The maximum absolute atomic E-state index is 11.9. The van der Waals surface area contributed by atoms with Gasteiger partial charge in [-0.1, -0.05) is 0 Å². The summed E-state index contributed by atoms with van der Waals surface area (Å²) in [7, 11) is 0. The Balaban J connectivity index is 3.22. The first kappa shape index (κ1) is 17.5. The minimum absolute atomic E-state index is 0.00420. The molecule has 0 unspecified atom stereocenters. The number of hydrogen-bond acceptors (Lipinski definition) is 5. The van der Waals surface area contributed by atoms with E-state index in [4.69, 9.17) is 9.84 Å². The summed E-state index contributed by atoms with van der Waals surface area (Å²) >= 11 is 0. The number of aromatic nitrogens is 2. The Morgan fingerprint density at radius 3 is 2.32 bits per heavy atom. The molecule has 2 amide bonds. The molecule has 22 heavy (non-hydrogen) atoms. The Morgan fingerprint density at radius 2 is 1.91 bits per heavy atom. The van der Waals surface area contributed by atoms with E-state index in [1.807, 2.05) is 0 Å². The van der Waals surface area contributed by atoms with Crippen LogP contribution >= 0.6 is 0 Å². The number of ether oxygens (including phenoxy) is 1. The Morgan fingerprint density at radius 1 is 1.32 bits per heavy atom. The zero-order valence-corrected chi connectivity index (χ0v) is 13.1. The predicted molar refractivity (Wildman–Crippen MR) is 79.5 cm³/mol. The van der Waals surface area contributed by atoms with Crippen molar-refractivity contribution in [1.29, 1.82) is 0 Å². The van der Waals surface area contributed by atoms with Gasteiger partial charge in [-0.2, -0.15) is 5.10 Å². The van der Waals surface area contributed by atoms with Crippen molar-refractivity contribution in [2.45, 2.75) is 46.3 Å². The quantitative estimate of drug-likeness (QED) is 0.735. The first-order valence-electron chi connectivity index (χ1n) is 6.62. The lowest BCUT2D eigenvalue weighted by Crippen LogP contribution is -2.28. The summed E-state index contributed by atoms with van der Waals surface area (Å²) in [6.07, 6.45) is -1.72. The highest BCUT2D eigenvalue weighted by molar-refractivity contribution is 5.99. The fourth-order valence-corrected chi connectivity index (χ4v) is 1.66. The molecule has 122 valence electrons. The van der Waals surface area contributed by atoms with Crippen molar-refractivity contribution in [2.24, 2.45) is 0 Å². The molecule has 0 aliphatic carbocycles. The monoisotopic (exact) mass is 312 g/mol. The van der Waals surface area contributed by atoms with Gasteiger partial charge in [0.2, 0.25) is 0 Å². The highest BCUT2D eigenvalue weighted by Gasteiger charge is 2.24. The molecule has 0 aliphatic heterocycles. The fourth-order valence-electron chi connectivity index (χ4n) is 1.66. The highest BCUT2D eigenvalue weighted by atomic mass is 16.6. The van der Waals surface area contributed by atoms with Crippen LogP contribution in [0.2, 0.25) is 0 Å². The second kappa shape index (κ2) is 6.46. The van der Waals surface area contributed by atoms with Gasteiger partial charge in [-0.05, 0) is 34.6 Å². The molecule has 0 saturated heterocycles. The molecule has 1 aromatic rings. The van der Waals surface area contributed by atoms with E-state index in [9.17, 15) is 14.4 Å². The molecule has 0 atom stereocenters. The number of carbonyl (C=O) groups excluding carboxylic acids is 2. The van der Waals surface area contributed by atoms with Gasteiger partial charge in [-0.25, -0.2) is 14.3 Å². The number of carbonyl (C=O) groups is 3. The van der Waals surface area contributed by atoms with Gasteiger partial charge in [0.1, 0.15) is 11.3 Å². The molecule has 0 radical (unpaired) electrons. The van der Waals surface area contributed by atoms with Crippen molar-refractivity contribution in [3.63, 3.8) is 0 Å². The summed E-state index contributed by atoms with van der Waals surface area (Å²) in [5.74, 6) is -0.00420. The Hall–Kier alpha value is -2.58. The summed E-state index contributed by atoms with van der Waals surface area (Å²) in [5, 5.41) is 17.4. The number of hydrogen-bond donors (Lipinski definition) is 3. The number of carboxylic acid groups (broad SMARTS) is 1. The first-order chi connectivity index (χ1) is 10.0. The Labute approximate surface area is 127 Å². The lowest BCUT2D eigenvalue weighted by Gasteiger charge is -2.20. The number of rotatable bonds is 4. The number of anilines is 2. The summed E-state index contributed by atoms with van der Waals surface area (Å²) in [6, 6.07) is -0.227. The maximum Gasteiger partial charge on any atom is 0.412 e. The van der Waals surface area contributed by atoms with Gasteiger partial charge in [-0.3, -0.25) is 15.4 Å². The van der Waals surface area contributed by atoms with Gasteiger partial charge in [0, 0.05) is 6.04 Å². The van der Waals surface area contributed by atoms with E-state index < -0.39 is 17.8 Å². The average Bonchev–Trinajstić information content (AvgIpc) is 2.64. The minimum Gasteiger partial charge on any atom is -0.465 e. The number of amides is 2. The lowest BCUT2D eigenvalue weighted by atomic mass is 10.2. The minimum atomic E-state index is -1.34. The van der Waals surface area contributed by atoms with Gasteiger partial charge in [-0.15, -0.1) is 0 Å². The second-order valence-electron chi connectivity index (χ2n) is 5.82. The molecule has 1 rings (SSSR count). The van der Waals surface area contributed by atoms with Gasteiger partial charge in [0.15, 0.2) is 17.8 Å².